The van der Waals surface area contributed by atoms with Crippen molar-refractivity contribution in [2.24, 2.45) is 4.99 Å². The van der Waals surface area contributed by atoms with Gasteiger partial charge < -0.3 is 15.2 Å². The molecule has 0 saturated carbocycles. The van der Waals surface area contributed by atoms with Gasteiger partial charge in [-0.15, -0.1) is 0 Å². The summed E-state index contributed by atoms with van der Waals surface area (Å²) in [6.07, 6.45) is 0. The summed E-state index contributed by atoms with van der Waals surface area (Å²) in [5.74, 6) is 1.98. The third-order valence-corrected chi connectivity index (χ3v) is 3.82. The highest BCUT2D eigenvalue weighted by Gasteiger charge is 2.11. The first-order valence-electron chi connectivity index (χ1n) is 8.15. The highest BCUT2D eigenvalue weighted by atomic mass is 16.5. The van der Waals surface area contributed by atoms with E-state index in [9.17, 15) is 0 Å². The maximum absolute atomic E-state index is 5.32. The molecule has 0 spiro atoms. The molecule has 22 heavy (non-hydrogen) atoms. The van der Waals surface area contributed by atoms with Crippen LogP contribution in [-0.4, -0.2) is 48.7 Å². The fourth-order valence-corrected chi connectivity index (χ4v) is 2.30. The van der Waals surface area contributed by atoms with Crippen LogP contribution < -0.4 is 10.6 Å². The van der Waals surface area contributed by atoms with E-state index in [1.54, 1.807) is 7.05 Å². The Labute approximate surface area is 134 Å². The highest BCUT2D eigenvalue weighted by Crippen LogP contribution is 2.13. The smallest absolute Gasteiger partial charge is 0.191 e. The molecule has 1 heterocycles. The van der Waals surface area contributed by atoms with Crippen molar-refractivity contribution in [3.05, 3.63) is 17.5 Å². The van der Waals surface area contributed by atoms with E-state index in [1.165, 1.54) is 0 Å². The molecular weight excluding hydrogens is 278 g/mol. The molecule has 1 aromatic heterocycles. The van der Waals surface area contributed by atoms with E-state index in [0.717, 1.165) is 37.0 Å². The molecule has 0 fully saturated rings. The van der Waals surface area contributed by atoms with Gasteiger partial charge in [0.05, 0.1) is 12.2 Å². The van der Waals surface area contributed by atoms with E-state index in [4.69, 9.17) is 4.52 Å². The molecule has 0 aliphatic carbocycles. The molecule has 126 valence electrons. The van der Waals surface area contributed by atoms with Crippen molar-refractivity contribution in [2.75, 3.05) is 26.7 Å². The SMILES string of the molecule is CCN(CC)C(C)CNC(=NC)NCc1cc(C(C)C)no1. The van der Waals surface area contributed by atoms with Crippen LogP contribution in [0.1, 0.15) is 52.0 Å². The van der Waals surface area contributed by atoms with Crippen LogP contribution in [0.2, 0.25) is 0 Å². The summed E-state index contributed by atoms with van der Waals surface area (Å²) in [4.78, 5) is 6.65. The van der Waals surface area contributed by atoms with Crippen molar-refractivity contribution in [1.29, 1.82) is 0 Å². The molecule has 0 aromatic carbocycles. The number of hydrogen-bond acceptors (Lipinski definition) is 4. The van der Waals surface area contributed by atoms with Crippen LogP contribution in [0.15, 0.2) is 15.6 Å². The lowest BCUT2D eigenvalue weighted by atomic mass is 10.1. The Morgan fingerprint density at radius 3 is 2.45 bits per heavy atom. The average molecular weight is 309 g/mol. The minimum atomic E-state index is 0.379. The number of hydrogen-bond donors (Lipinski definition) is 2. The van der Waals surface area contributed by atoms with Gasteiger partial charge in [-0.25, -0.2) is 0 Å². The van der Waals surface area contributed by atoms with Crippen molar-refractivity contribution >= 4 is 5.96 Å². The first kappa shape index (κ1) is 18.5. The number of nitrogens with one attached hydrogen (secondary N) is 2. The summed E-state index contributed by atoms with van der Waals surface area (Å²) in [6, 6.07) is 2.45. The van der Waals surface area contributed by atoms with Crippen LogP contribution in [0.3, 0.4) is 0 Å². The second-order valence-electron chi connectivity index (χ2n) is 5.75. The van der Waals surface area contributed by atoms with E-state index >= 15 is 0 Å². The lowest BCUT2D eigenvalue weighted by Crippen LogP contribution is -2.45. The minimum Gasteiger partial charge on any atom is -0.359 e. The molecule has 0 aliphatic rings. The first-order valence-corrected chi connectivity index (χ1v) is 8.15. The molecule has 6 heteroatoms. The molecule has 0 amide bonds. The summed E-state index contributed by atoms with van der Waals surface area (Å²) < 4.78 is 5.32. The summed E-state index contributed by atoms with van der Waals surface area (Å²) >= 11 is 0. The molecule has 0 saturated heterocycles. The van der Waals surface area contributed by atoms with Crippen LogP contribution in [0.4, 0.5) is 0 Å². The van der Waals surface area contributed by atoms with E-state index in [0.29, 0.717) is 18.5 Å². The maximum atomic E-state index is 5.32. The number of likely N-dealkylation sites (N-methyl/N-ethyl adjacent to an activating group) is 1. The number of rotatable bonds is 8. The third kappa shape index (κ3) is 5.67. The minimum absolute atomic E-state index is 0.379. The molecule has 0 aliphatic heterocycles. The van der Waals surface area contributed by atoms with Crippen LogP contribution in [-0.2, 0) is 6.54 Å². The van der Waals surface area contributed by atoms with Crippen molar-refractivity contribution < 1.29 is 4.52 Å². The number of nitrogens with zero attached hydrogens (tertiary/aromatic N) is 3. The molecule has 2 N–H and O–H groups in total. The van der Waals surface area contributed by atoms with Gasteiger partial charge in [-0.2, -0.15) is 0 Å². The van der Waals surface area contributed by atoms with Gasteiger partial charge in [0.2, 0.25) is 0 Å². The van der Waals surface area contributed by atoms with Gasteiger partial charge in [0.15, 0.2) is 11.7 Å². The Bertz CT molecular complexity index is 451. The number of aromatic nitrogens is 1. The highest BCUT2D eigenvalue weighted by molar-refractivity contribution is 5.79. The van der Waals surface area contributed by atoms with Gasteiger partial charge in [0, 0.05) is 25.7 Å². The largest absolute Gasteiger partial charge is 0.359 e. The van der Waals surface area contributed by atoms with Gasteiger partial charge >= 0.3 is 0 Å². The first-order chi connectivity index (χ1) is 10.5. The van der Waals surface area contributed by atoms with E-state index in [-0.39, 0.29) is 0 Å². The summed E-state index contributed by atoms with van der Waals surface area (Å²) in [6.45, 7) is 14.3. The molecular formula is C16H31N5O. The Kier molecular flexibility index (Phi) is 7.95. The zero-order chi connectivity index (χ0) is 16.5. The predicted octanol–water partition coefficient (Wildman–Crippen LogP) is 2.19. The predicted molar refractivity (Wildman–Crippen MR) is 91.2 cm³/mol. The number of guanidine groups is 1. The van der Waals surface area contributed by atoms with Gasteiger partial charge in [-0.1, -0.05) is 32.9 Å². The second kappa shape index (κ2) is 9.46. The van der Waals surface area contributed by atoms with E-state index in [2.05, 4.69) is 60.3 Å². The van der Waals surface area contributed by atoms with Crippen LogP contribution in [0, 0.1) is 0 Å². The second-order valence-corrected chi connectivity index (χ2v) is 5.75. The standard InChI is InChI=1S/C16H31N5O/c1-7-21(8-2)13(5)10-18-16(17-6)19-11-14-9-15(12(3)4)20-22-14/h9,12-13H,7-8,10-11H2,1-6H3,(H2,17,18,19). The van der Waals surface area contributed by atoms with E-state index in [1.807, 2.05) is 6.07 Å². The van der Waals surface area contributed by atoms with Crippen LogP contribution in [0.25, 0.3) is 0 Å². The van der Waals surface area contributed by atoms with Crippen LogP contribution >= 0.6 is 0 Å². The van der Waals surface area contributed by atoms with Crippen molar-refractivity contribution in [3.8, 4) is 0 Å². The Hall–Kier alpha value is -1.56. The number of aliphatic imine (C=N–C) groups is 1. The fraction of sp³-hybridized carbons (Fsp3) is 0.750. The van der Waals surface area contributed by atoms with Crippen molar-refractivity contribution in [3.63, 3.8) is 0 Å². The topological polar surface area (TPSA) is 65.7 Å². The molecule has 1 unspecified atom stereocenters. The lowest BCUT2D eigenvalue weighted by molar-refractivity contribution is 0.231. The summed E-state index contributed by atoms with van der Waals surface area (Å²) in [7, 11) is 1.78. The normalized spacial score (nSPS) is 13.7. The average Bonchev–Trinajstić information content (AvgIpc) is 2.98. The Morgan fingerprint density at radius 2 is 1.95 bits per heavy atom. The molecule has 1 atom stereocenters. The van der Waals surface area contributed by atoms with E-state index < -0.39 is 0 Å². The lowest BCUT2D eigenvalue weighted by Gasteiger charge is -2.27. The summed E-state index contributed by atoms with van der Waals surface area (Å²) in [5.41, 5.74) is 0.981. The fourth-order valence-electron chi connectivity index (χ4n) is 2.30. The monoisotopic (exact) mass is 309 g/mol. The molecule has 1 aromatic rings. The quantitative estimate of drug-likeness (QED) is 0.569. The Morgan fingerprint density at radius 1 is 1.27 bits per heavy atom. The molecule has 0 bridgehead atoms. The van der Waals surface area contributed by atoms with Gasteiger partial charge in [-0.05, 0) is 25.9 Å². The van der Waals surface area contributed by atoms with Crippen LogP contribution in [0.5, 0.6) is 0 Å². The van der Waals surface area contributed by atoms with Gasteiger partial charge in [0.25, 0.3) is 0 Å². The van der Waals surface area contributed by atoms with Gasteiger partial charge in [0.1, 0.15) is 0 Å². The maximum Gasteiger partial charge on any atom is 0.191 e. The summed E-state index contributed by atoms with van der Waals surface area (Å²) in [5, 5.41) is 10.7. The molecule has 6 nitrogen and oxygen atoms in total. The zero-order valence-corrected chi connectivity index (χ0v) is 14.8. The molecule has 0 radical (unpaired) electrons. The Balaban J connectivity index is 2.42. The van der Waals surface area contributed by atoms with Crippen molar-refractivity contribution in [2.45, 2.75) is 53.1 Å². The third-order valence-electron chi connectivity index (χ3n) is 3.82. The zero-order valence-electron chi connectivity index (χ0n) is 14.8. The molecule has 1 rings (SSSR count). The van der Waals surface area contributed by atoms with Gasteiger partial charge in [-0.3, -0.25) is 9.89 Å². The van der Waals surface area contributed by atoms with Crippen molar-refractivity contribution in [1.82, 2.24) is 20.7 Å².